The fourth-order valence-corrected chi connectivity index (χ4v) is 4.35. The maximum absolute atomic E-state index is 6.49. The summed E-state index contributed by atoms with van der Waals surface area (Å²) in [4.78, 5) is 6.51. The van der Waals surface area contributed by atoms with Gasteiger partial charge in [0.15, 0.2) is 5.82 Å². The van der Waals surface area contributed by atoms with E-state index in [4.69, 9.17) is 21.1 Å². The first-order chi connectivity index (χ1) is 15.7. The molecule has 1 fully saturated rings. The van der Waals surface area contributed by atoms with E-state index in [1.807, 2.05) is 16.8 Å². The van der Waals surface area contributed by atoms with E-state index in [-0.39, 0.29) is 11.5 Å². The van der Waals surface area contributed by atoms with Crippen molar-refractivity contribution in [1.29, 1.82) is 0 Å². The van der Waals surface area contributed by atoms with Crippen molar-refractivity contribution in [3.8, 4) is 5.75 Å². The van der Waals surface area contributed by atoms with Crippen LogP contribution in [0.1, 0.15) is 52.7 Å². The molecule has 10 nitrogen and oxygen atoms in total. The van der Waals surface area contributed by atoms with Crippen molar-refractivity contribution in [1.82, 2.24) is 39.9 Å². The van der Waals surface area contributed by atoms with Gasteiger partial charge in [-0.3, -0.25) is 4.90 Å². The van der Waals surface area contributed by atoms with Crippen molar-refractivity contribution < 1.29 is 9.47 Å². The molecule has 1 aliphatic rings. The smallest absolute Gasteiger partial charge is 0.215 e. The minimum atomic E-state index is -0.559. The van der Waals surface area contributed by atoms with Gasteiger partial charge in [0, 0.05) is 18.1 Å². The molecule has 3 heterocycles. The Labute approximate surface area is 198 Å². The van der Waals surface area contributed by atoms with Crippen LogP contribution >= 0.6 is 11.6 Å². The minimum absolute atomic E-state index is 0.297. The molecule has 0 unspecified atom stereocenters. The number of halogens is 1. The Bertz CT molecular complexity index is 1020. The molecule has 0 amide bonds. The van der Waals surface area contributed by atoms with E-state index in [1.165, 1.54) is 6.33 Å². The lowest BCUT2D eigenvalue weighted by Crippen LogP contribution is -2.50. The third-order valence-electron chi connectivity index (χ3n) is 6.03. The second kappa shape index (κ2) is 9.36. The van der Waals surface area contributed by atoms with Crippen LogP contribution < -0.4 is 4.74 Å². The van der Waals surface area contributed by atoms with Gasteiger partial charge in [-0.2, -0.15) is 5.10 Å². The molecule has 11 heteroatoms. The summed E-state index contributed by atoms with van der Waals surface area (Å²) in [6.45, 7) is 13.7. The summed E-state index contributed by atoms with van der Waals surface area (Å²) in [5.74, 6) is 1.42. The number of rotatable bonds is 7. The van der Waals surface area contributed by atoms with Gasteiger partial charge in [0.1, 0.15) is 24.4 Å². The van der Waals surface area contributed by atoms with Gasteiger partial charge in [0.25, 0.3) is 0 Å². The first-order valence-corrected chi connectivity index (χ1v) is 11.4. The molecule has 0 N–H and O–H groups in total. The standard InChI is InChI=1S/C22H31ClN8O2/c1-21(2,3)18(19(30-15-24-14-25-30)33-17-8-6-16(23)7-9-17)31-20(26-27-28-31)22(4,5)29-10-12-32-13-11-29/h6-9,14-15,18-19H,10-13H2,1-5H3/t18-,19+/m1/s1. The zero-order valence-corrected chi connectivity index (χ0v) is 20.5. The van der Waals surface area contributed by atoms with Gasteiger partial charge in [-0.25, -0.2) is 14.3 Å². The van der Waals surface area contributed by atoms with Gasteiger partial charge in [-0.1, -0.05) is 32.4 Å². The molecule has 178 valence electrons. The van der Waals surface area contributed by atoms with E-state index in [9.17, 15) is 0 Å². The quantitative estimate of drug-likeness (QED) is 0.514. The van der Waals surface area contributed by atoms with Crippen molar-refractivity contribution in [2.24, 2.45) is 5.41 Å². The Morgan fingerprint density at radius 2 is 1.76 bits per heavy atom. The molecule has 2 aromatic heterocycles. The number of ether oxygens (including phenoxy) is 2. The largest absolute Gasteiger partial charge is 0.466 e. The zero-order valence-electron chi connectivity index (χ0n) is 19.7. The summed E-state index contributed by atoms with van der Waals surface area (Å²) in [7, 11) is 0. The lowest BCUT2D eigenvalue weighted by Gasteiger charge is -2.42. The van der Waals surface area contributed by atoms with Crippen LogP contribution in [0.4, 0.5) is 0 Å². The van der Waals surface area contributed by atoms with E-state index in [2.05, 4.69) is 65.1 Å². The fraction of sp³-hybridized carbons (Fsp3) is 0.591. The highest BCUT2D eigenvalue weighted by molar-refractivity contribution is 6.30. The van der Waals surface area contributed by atoms with Crippen molar-refractivity contribution >= 4 is 11.6 Å². The molecule has 2 atom stereocenters. The normalized spacial score (nSPS) is 17.6. The summed E-state index contributed by atoms with van der Waals surface area (Å²) in [5.41, 5.74) is -0.710. The van der Waals surface area contributed by atoms with Gasteiger partial charge in [0.05, 0.1) is 18.8 Å². The highest BCUT2D eigenvalue weighted by atomic mass is 35.5. The van der Waals surface area contributed by atoms with Gasteiger partial charge in [-0.15, -0.1) is 5.10 Å². The molecule has 1 aliphatic heterocycles. The van der Waals surface area contributed by atoms with E-state index >= 15 is 0 Å². The third-order valence-corrected chi connectivity index (χ3v) is 6.28. The zero-order chi connectivity index (χ0) is 23.6. The molecule has 3 aromatic rings. The Hall–Kier alpha value is -2.56. The molecule has 0 aliphatic carbocycles. The Balaban J connectivity index is 1.77. The first-order valence-electron chi connectivity index (χ1n) is 11.1. The Morgan fingerprint density at radius 3 is 2.36 bits per heavy atom. The van der Waals surface area contributed by atoms with Crippen molar-refractivity contribution in [2.45, 2.75) is 52.4 Å². The third kappa shape index (κ3) is 5.02. The second-order valence-electron chi connectivity index (χ2n) is 9.75. The Kier molecular flexibility index (Phi) is 6.69. The monoisotopic (exact) mass is 474 g/mol. The number of tetrazole rings is 1. The van der Waals surface area contributed by atoms with Gasteiger partial charge >= 0.3 is 0 Å². The van der Waals surface area contributed by atoms with Crippen LogP contribution in [-0.2, 0) is 10.3 Å². The summed E-state index contributed by atoms with van der Waals surface area (Å²) in [6, 6.07) is 6.96. The van der Waals surface area contributed by atoms with Crippen molar-refractivity contribution in [3.63, 3.8) is 0 Å². The summed E-state index contributed by atoms with van der Waals surface area (Å²) in [6.07, 6.45) is 2.59. The minimum Gasteiger partial charge on any atom is -0.466 e. The van der Waals surface area contributed by atoms with Crippen LogP contribution in [0.5, 0.6) is 5.75 Å². The molecular formula is C22H31ClN8O2. The van der Waals surface area contributed by atoms with Crippen molar-refractivity contribution in [2.75, 3.05) is 26.3 Å². The Morgan fingerprint density at radius 1 is 1.06 bits per heavy atom. The molecule has 0 bridgehead atoms. The highest BCUT2D eigenvalue weighted by Gasteiger charge is 2.44. The SMILES string of the molecule is CC(C)(C)[C@@H]([C@H](Oc1ccc(Cl)cc1)n1cncn1)n1nnnc1C(C)(C)N1CCOCC1. The van der Waals surface area contributed by atoms with E-state index in [0.717, 1.165) is 18.9 Å². The molecule has 0 radical (unpaired) electrons. The van der Waals surface area contributed by atoms with Gasteiger partial charge in [-0.05, 0) is 54.0 Å². The number of aromatic nitrogens is 7. The first kappa shape index (κ1) is 23.6. The molecule has 1 saturated heterocycles. The molecule has 1 aromatic carbocycles. The molecular weight excluding hydrogens is 444 g/mol. The second-order valence-corrected chi connectivity index (χ2v) is 10.2. The lowest BCUT2D eigenvalue weighted by atomic mass is 9.85. The van der Waals surface area contributed by atoms with E-state index in [0.29, 0.717) is 24.0 Å². The van der Waals surface area contributed by atoms with Crippen LogP contribution in [0.25, 0.3) is 0 Å². The van der Waals surface area contributed by atoms with Crippen LogP contribution in [-0.4, -0.2) is 66.2 Å². The predicted molar refractivity (Wildman–Crippen MR) is 123 cm³/mol. The summed E-state index contributed by atoms with van der Waals surface area (Å²) >= 11 is 6.08. The average Bonchev–Trinajstić information content (AvgIpc) is 3.47. The average molecular weight is 475 g/mol. The molecule has 0 spiro atoms. The number of hydrogen-bond acceptors (Lipinski definition) is 8. The number of morpholine rings is 1. The molecule has 0 saturated carbocycles. The fourth-order valence-electron chi connectivity index (χ4n) is 4.23. The number of hydrogen-bond donors (Lipinski definition) is 0. The van der Waals surface area contributed by atoms with Crippen LogP contribution in [0.3, 0.4) is 0 Å². The van der Waals surface area contributed by atoms with E-state index < -0.39 is 11.8 Å². The van der Waals surface area contributed by atoms with Crippen LogP contribution in [0.15, 0.2) is 36.9 Å². The van der Waals surface area contributed by atoms with E-state index in [1.54, 1.807) is 23.1 Å². The highest BCUT2D eigenvalue weighted by Crippen LogP contribution is 2.42. The summed E-state index contributed by atoms with van der Waals surface area (Å²) in [5, 5.41) is 18.1. The maximum atomic E-state index is 6.49. The van der Waals surface area contributed by atoms with Crippen molar-refractivity contribution in [3.05, 3.63) is 47.8 Å². The predicted octanol–water partition coefficient (Wildman–Crippen LogP) is 3.35. The number of nitrogens with zero attached hydrogens (tertiary/aromatic N) is 8. The number of benzene rings is 1. The lowest BCUT2D eigenvalue weighted by molar-refractivity contribution is -0.0282. The summed E-state index contributed by atoms with van der Waals surface area (Å²) < 4.78 is 15.6. The van der Waals surface area contributed by atoms with Crippen LogP contribution in [0.2, 0.25) is 5.02 Å². The maximum Gasteiger partial charge on any atom is 0.215 e. The van der Waals surface area contributed by atoms with Gasteiger partial charge in [0.2, 0.25) is 6.23 Å². The van der Waals surface area contributed by atoms with Crippen LogP contribution in [0, 0.1) is 5.41 Å². The molecule has 4 rings (SSSR count). The molecule has 33 heavy (non-hydrogen) atoms. The van der Waals surface area contributed by atoms with Gasteiger partial charge < -0.3 is 9.47 Å². The topological polar surface area (TPSA) is 96.0 Å².